The molecule has 0 aliphatic rings. The zero-order chi connectivity index (χ0) is 27.4. The predicted octanol–water partition coefficient (Wildman–Crippen LogP) is 11.3. The minimum Gasteiger partial charge on any atom is -0.310 e. The Morgan fingerprint density at radius 3 is 1.10 bits per heavy atom. The maximum atomic E-state index is 2.35. The lowest BCUT2D eigenvalue weighted by Gasteiger charge is -2.26. The van der Waals surface area contributed by atoms with Gasteiger partial charge in [-0.3, -0.25) is 0 Å². The predicted molar refractivity (Wildman–Crippen MR) is 175 cm³/mol. The lowest BCUT2D eigenvalue weighted by Crippen LogP contribution is -2.09. The second-order valence-corrected chi connectivity index (χ2v) is 10.3. The minimum atomic E-state index is 1.12. The summed E-state index contributed by atoms with van der Waals surface area (Å²) in [5.74, 6) is 0. The molecule has 0 fully saturated rings. The van der Waals surface area contributed by atoms with E-state index in [0.29, 0.717) is 0 Å². The molecule has 1 heteroatoms. The van der Waals surface area contributed by atoms with Gasteiger partial charge in [0, 0.05) is 17.1 Å². The van der Waals surface area contributed by atoms with Crippen LogP contribution in [0, 0.1) is 0 Å². The highest BCUT2D eigenvalue weighted by molar-refractivity contribution is 5.92. The average Bonchev–Trinajstić information content (AvgIpc) is 3.06. The summed E-state index contributed by atoms with van der Waals surface area (Å²) in [6, 6.07) is 62.9. The maximum Gasteiger partial charge on any atom is 0.0468 e. The Balaban J connectivity index is 1.32. The van der Waals surface area contributed by atoms with Crippen molar-refractivity contribution in [3.63, 3.8) is 0 Å². The molecule has 7 aromatic carbocycles. The van der Waals surface area contributed by atoms with E-state index in [1.54, 1.807) is 0 Å². The Hall–Kier alpha value is -5.40. The second-order valence-electron chi connectivity index (χ2n) is 10.3. The van der Waals surface area contributed by atoms with Crippen molar-refractivity contribution in [3.05, 3.63) is 176 Å². The Morgan fingerprint density at radius 1 is 0.244 bits per heavy atom. The summed E-state index contributed by atoms with van der Waals surface area (Å²) >= 11 is 0. The molecule has 194 valence electrons. The van der Waals surface area contributed by atoms with Crippen LogP contribution in [0.1, 0.15) is 0 Å². The molecule has 0 heterocycles. The van der Waals surface area contributed by atoms with Gasteiger partial charge in [-0.15, -0.1) is 0 Å². The summed E-state index contributed by atoms with van der Waals surface area (Å²) in [5.41, 5.74) is 10.7. The fourth-order valence-electron chi connectivity index (χ4n) is 5.50. The lowest BCUT2D eigenvalue weighted by atomic mass is 10.00. The number of benzene rings is 7. The van der Waals surface area contributed by atoms with Gasteiger partial charge in [-0.05, 0) is 86.6 Å². The smallest absolute Gasteiger partial charge is 0.0468 e. The zero-order valence-corrected chi connectivity index (χ0v) is 22.7. The van der Waals surface area contributed by atoms with Gasteiger partial charge in [0.05, 0.1) is 0 Å². The summed E-state index contributed by atoms with van der Waals surface area (Å²) in [4.78, 5) is 2.35. The third-order valence-corrected chi connectivity index (χ3v) is 7.65. The average molecular weight is 524 g/mol. The number of rotatable bonds is 6. The van der Waals surface area contributed by atoms with Crippen LogP contribution in [0.5, 0.6) is 0 Å². The molecule has 0 N–H and O–H groups in total. The first-order valence-electron chi connectivity index (χ1n) is 14.0. The number of fused-ring (bicyclic) bond motifs is 1. The molecule has 0 bridgehead atoms. The molecular formula is C40H29N. The van der Waals surface area contributed by atoms with E-state index in [0.717, 1.165) is 17.1 Å². The zero-order valence-electron chi connectivity index (χ0n) is 22.7. The van der Waals surface area contributed by atoms with Crippen molar-refractivity contribution < 1.29 is 0 Å². The number of hydrogen-bond acceptors (Lipinski definition) is 1. The highest BCUT2D eigenvalue weighted by atomic mass is 15.1. The third kappa shape index (κ3) is 5.14. The van der Waals surface area contributed by atoms with Crippen molar-refractivity contribution in [2.45, 2.75) is 0 Å². The second kappa shape index (κ2) is 11.0. The number of hydrogen-bond donors (Lipinski definition) is 0. The molecule has 0 saturated carbocycles. The van der Waals surface area contributed by atoms with Crippen molar-refractivity contribution in [3.8, 4) is 33.4 Å². The van der Waals surface area contributed by atoms with Gasteiger partial charge in [-0.1, -0.05) is 133 Å². The molecule has 0 aliphatic carbocycles. The fourth-order valence-corrected chi connectivity index (χ4v) is 5.50. The van der Waals surface area contributed by atoms with Crippen LogP contribution in [0.2, 0.25) is 0 Å². The molecule has 1 nitrogen and oxygen atoms in total. The van der Waals surface area contributed by atoms with E-state index in [1.165, 1.54) is 44.2 Å². The van der Waals surface area contributed by atoms with E-state index in [-0.39, 0.29) is 0 Å². The van der Waals surface area contributed by atoms with Crippen LogP contribution in [0.3, 0.4) is 0 Å². The summed E-state index contributed by atoms with van der Waals surface area (Å²) in [6.07, 6.45) is 0. The molecule has 0 unspecified atom stereocenters. The topological polar surface area (TPSA) is 3.24 Å². The van der Waals surface area contributed by atoms with E-state index in [2.05, 4.69) is 181 Å². The first-order chi connectivity index (χ1) is 20.3. The van der Waals surface area contributed by atoms with Gasteiger partial charge in [0.2, 0.25) is 0 Å². The monoisotopic (exact) mass is 523 g/mol. The minimum absolute atomic E-state index is 1.12. The molecule has 0 aromatic heterocycles. The number of nitrogens with zero attached hydrogens (tertiary/aromatic N) is 1. The van der Waals surface area contributed by atoms with E-state index >= 15 is 0 Å². The van der Waals surface area contributed by atoms with Crippen molar-refractivity contribution in [1.29, 1.82) is 0 Å². The molecule has 0 aliphatic heterocycles. The SMILES string of the molecule is c1ccc(-c2ccc(N(c3ccc(-c4ccccc4)cc3)c3ccc4ccc(-c5ccccc5)cc4c3)cc2)cc1. The number of anilines is 3. The maximum absolute atomic E-state index is 2.35. The lowest BCUT2D eigenvalue weighted by molar-refractivity contribution is 1.29. The van der Waals surface area contributed by atoms with Gasteiger partial charge in [-0.2, -0.15) is 0 Å². The van der Waals surface area contributed by atoms with E-state index in [1.807, 2.05) is 0 Å². The van der Waals surface area contributed by atoms with Gasteiger partial charge in [0.15, 0.2) is 0 Å². The van der Waals surface area contributed by atoms with Crippen LogP contribution in [-0.4, -0.2) is 0 Å². The van der Waals surface area contributed by atoms with Crippen LogP contribution in [0.25, 0.3) is 44.2 Å². The molecule has 0 amide bonds. The van der Waals surface area contributed by atoms with Gasteiger partial charge in [-0.25, -0.2) is 0 Å². The third-order valence-electron chi connectivity index (χ3n) is 7.65. The molecule has 0 atom stereocenters. The first kappa shape index (κ1) is 24.6. The summed E-state index contributed by atoms with van der Waals surface area (Å²) in [7, 11) is 0. The normalized spacial score (nSPS) is 10.9. The van der Waals surface area contributed by atoms with Gasteiger partial charge >= 0.3 is 0 Å². The Morgan fingerprint density at radius 2 is 0.610 bits per heavy atom. The quantitative estimate of drug-likeness (QED) is 0.209. The molecule has 0 radical (unpaired) electrons. The van der Waals surface area contributed by atoms with Gasteiger partial charge < -0.3 is 4.90 Å². The van der Waals surface area contributed by atoms with Crippen LogP contribution in [0.4, 0.5) is 17.1 Å². The van der Waals surface area contributed by atoms with E-state index in [9.17, 15) is 0 Å². The van der Waals surface area contributed by atoms with Crippen LogP contribution in [-0.2, 0) is 0 Å². The first-order valence-corrected chi connectivity index (χ1v) is 14.0. The van der Waals surface area contributed by atoms with Crippen molar-refractivity contribution in [2.24, 2.45) is 0 Å². The van der Waals surface area contributed by atoms with Crippen LogP contribution in [0.15, 0.2) is 176 Å². The van der Waals surface area contributed by atoms with Crippen molar-refractivity contribution in [1.82, 2.24) is 0 Å². The van der Waals surface area contributed by atoms with E-state index < -0.39 is 0 Å². The summed E-state index contributed by atoms with van der Waals surface area (Å²) in [5, 5.41) is 2.45. The fraction of sp³-hybridized carbons (Fsp3) is 0. The van der Waals surface area contributed by atoms with Crippen molar-refractivity contribution in [2.75, 3.05) is 4.90 Å². The van der Waals surface area contributed by atoms with E-state index in [4.69, 9.17) is 0 Å². The highest BCUT2D eigenvalue weighted by Crippen LogP contribution is 2.38. The molecule has 41 heavy (non-hydrogen) atoms. The van der Waals surface area contributed by atoms with Crippen LogP contribution < -0.4 is 4.90 Å². The van der Waals surface area contributed by atoms with Crippen LogP contribution >= 0.6 is 0 Å². The molecule has 7 aromatic rings. The Bertz CT molecular complexity index is 1810. The summed E-state index contributed by atoms with van der Waals surface area (Å²) in [6.45, 7) is 0. The molecule has 0 saturated heterocycles. The molecule has 7 rings (SSSR count). The molecule has 0 spiro atoms. The van der Waals surface area contributed by atoms with Gasteiger partial charge in [0.25, 0.3) is 0 Å². The molecular weight excluding hydrogens is 494 g/mol. The van der Waals surface area contributed by atoms with Gasteiger partial charge in [0.1, 0.15) is 0 Å². The Kier molecular flexibility index (Phi) is 6.61. The summed E-state index contributed by atoms with van der Waals surface area (Å²) < 4.78 is 0. The Labute approximate surface area is 241 Å². The standard InChI is InChI=1S/C40H29N/c1-4-10-30(11-5-1)33-18-23-38(24-19-33)41(39-25-20-34(21-26-39)31-12-6-2-7-13-31)40-27-22-35-16-17-36(28-37(35)29-40)32-14-8-3-9-15-32/h1-29H. The van der Waals surface area contributed by atoms with Crippen molar-refractivity contribution >= 4 is 27.8 Å². The largest absolute Gasteiger partial charge is 0.310 e. The highest BCUT2D eigenvalue weighted by Gasteiger charge is 2.14.